The van der Waals surface area contributed by atoms with Crippen molar-refractivity contribution in [2.24, 2.45) is 4.99 Å². The molecule has 0 amide bonds. The van der Waals surface area contributed by atoms with Crippen LogP contribution in [0.4, 0.5) is 0 Å². The maximum atomic E-state index is 11.0. The average molecular weight is 486 g/mol. The molecule has 0 unspecified atom stereocenters. The Kier molecular flexibility index (Phi) is 11.7. The van der Waals surface area contributed by atoms with Crippen molar-refractivity contribution < 1.29 is 8.42 Å². The molecule has 138 valence electrons. The van der Waals surface area contributed by atoms with Crippen molar-refractivity contribution in [3.05, 3.63) is 29.8 Å². The quantitative estimate of drug-likeness (QED) is 0.193. The molecule has 0 aliphatic heterocycles. The van der Waals surface area contributed by atoms with E-state index in [9.17, 15) is 8.42 Å². The third-order valence-corrected chi connectivity index (χ3v) is 4.63. The zero-order valence-electron chi connectivity index (χ0n) is 14.6. The Labute approximate surface area is 166 Å². The van der Waals surface area contributed by atoms with E-state index >= 15 is 0 Å². The van der Waals surface area contributed by atoms with Crippen molar-refractivity contribution in [3.63, 3.8) is 0 Å². The zero-order valence-corrected chi connectivity index (χ0v) is 18.5. The van der Waals surface area contributed by atoms with Crippen molar-refractivity contribution >= 4 is 51.7 Å². The molecule has 9 heteroatoms. The Morgan fingerprint density at radius 2 is 1.88 bits per heavy atom. The zero-order chi connectivity index (χ0) is 17.3. The molecule has 24 heavy (non-hydrogen) atoms. The Morgan fingerprint density at radius 3 is 2.38 bits per heavy atom. The molecule has 1 rings (SSSR count). The van der Waals surface area contributed by atoms with Crippen LogP contribution in [0.3, 0.4) is 0 Å². The number of aliphatic imine (C=N–C) groups is 1. The lowest BCUT2D eigenvalue weighted by Crippen LogP contribution is -2.39. The Bertz CT molecular complexity index is 606. The topological polar surface area (TPSA) is 73.8 Å². The highest BCUT2D eigenvalue weighted by molar-refractivity contribution is 14.0. The molecule has 6 nitrogen and oxygen atoms in total. The van der Waals surface area contributed by atoms with Gasteiger partial charge in [0.05, 0.1) is 6.26 Å². The number of guanidine groups is 1. The minimum atomic E-state index is -3.11. The first kappa shape index (κ1) is 23.5. The smallest absolute Gasteiger partial charge is 0.208 e. The van der Waals surface area contributed by atoms with Gasteiger partial charge in [0.15, 0.2) is 5.96 Å². The van der Waals surface area contributed by atoms with Gasteiger partial charge in [0.2, 0.25) is 10.0 Å². The summed E-state index contributed by atoms with van der Waals surface area (Å²) < 4.78 is 24.4. The van der Waals surface area contributed by atoms with E-state index in [1.807, 2.05) is 11.9 Å². The van der Waals surface area contributed by atoms with E-state index in [1.54, 1.807) is 18.8 Å². The summed E-state index contributed by atoms with van der Waals surface area (Å²) in [4.78, 5) is 7.54. The molecule has 1 aromatic rings. The number of benzene rings is 1. The molecule has 0 aliphatic rings. The molecule has 0 saturated carbocycles. The molecule has 0 radical (unpaired) electrons. The molecule has 0 heterocycles. The summed E-state index contributed by atoms with van der Waals surface area (Å²) in [6, 6.07) is 8.46. The first-order valence-electron chi connectivity index (χ1n) is 7.35. The van der Waals surface area contributed by atoms with E-state index < -0.39 is 10.0 Å². The standard InChI is InChI=1S/C15H26N4O2S2.HI/c1-16-15(17-10-5-11-18-23(4,20)21)19(2)12-13-6-8-14(22-3)9-7-13;/h6-9,18H,5,10-12H2,1-4H3,(H,16,17);1H. The maximum absolute atomic E-state index is 11.0. The lowest BCUT2D eigenvalue weighted by Gasteiger charge is -2.22. The third kappa shape index (κ3) is 9.70. The summed E-state index contributed by atoms with van der Waals surface area (Å²) in [5, 5.41) is 3.24. The van der Waals surface area contributed by atoms with Crippen LogP contribution in [0.15, 0.2) is 34.2 Å². The van der Waals surface area contributed by atoms with Gasteiger partial charge in [-0.15, -0.1) is 35.7 Å². The largest absolute Gasteiger partial charge is 0.356 e. The predicted octanol–water partition coefficient (Wildman–Crippen LogP) is 1.97. The van der Waals surface area contributed by atoms with Crippen LogP contribution in [0.5, 0.6) is 0 Å². The second kappa shape index (κ2) is 11.9. The van der Waals surface area contributed by atoms with E-state index in [4.69, 9.17) is 0 Å². The van der Waals surface area contributed by atoms with E-state index in [1.165, 1.54) is 10.5 Å². The normalized spacial score (nSPS) is 11.8. The van der Waals surface area contributed by atoms with Gasteiger partial charge >= 0.3 is 0 Å². The fourth-order valence-electron chi connectivity index (χ4n) is 2.01. The molecule has 0 aliphatic carbocycles. The van der Waals surface area contributed by atoms with Gasteiger partial charge in [-0.05, 0) is 30.4 Å². The van der Waals surface area contributed by atoms with Crippen LogP contribution in [0, 0.1) is 0 Å². The molecular formula is C15H27IN4O2S2. The minimum Gasteiger partial charge on any atom is -0.356 e. The molecule has 0 atom stereocenters. The molecule has 0 fully saturated rings. The molecule has 0 aromatic heterocycles. The number of nitrogens with zero attached hydrogens (tertiary/aromatic N) is 2. The van der Waals surface area contributed by atoms with Crippen molar-refractivity contribution in [1.82, 2.24) is 14.9 Å². The van der Waals surface area contributed by atoms with E-state index in [-0.39, 0.29) is 24.0 Å². The maximum Gasteiger partial charge on any atom is 0.208 e. The van der Waals surface area contributed by atoms with Crippen molar-refractivity contribution in [1.29, 1.82) is 0 Å². The molecule has 0 saturated heterocycles. The number of hydrogen-bond acceptors (Lipinski definition) is 4. The number of nitrogens with one attached hydrogen (secondary N) is 2. The molecule has 1 aromatic carbocycles. The number of halogens is 1. The van der Waals surface area contributed by atoms with E-state index in [0.29, 0.717) is 19.5 Å². The van der Waals surface area contributed by atoms with Crippen LogP contribution in [-0.2, 0) is 16.6 Å². The minimum absolute atomic E-state index is 0. The Balaban J connectivity index is 0.00000529. The monoisotopic (exact) mass is 486 g/mol. The Hall–Kier alpha value is -0.520. The molecule has 0 bridgehead atoms. The van der Waals surface area contributed by atoms with Crippen molar-refractivity contribution in [2.75, 3.05) is 39.7 Å². The van der Waals surface area contributed by atoms with Gasteiger partial charge in [-0.3, -0.25) is 4.99 Å². The van der Waals surface area contributed by atoms with Gasteiger partial charge < -0.3 is 10.2 Å². The van der Waals surface area contributed by atoms with Crippen LogP contribution in [0.1, 0.15) is 12.0 Å². The van der Waals surface area contributed by atoms with Gasteiger partial charge in [-0.2, -0.15) is 0 Å². The van der Waals surface area contributed by atoms with Crippen LogP contribution in [-0.4, -0.2) is 59.0 Å². The van der Waals surface area contributed by atoms with Crippen LogP contribution < -0.4 is 10.0 Å². The highest BCUT2D eigenvalue weighted by atomic mass is 127. The summed E-state index contributed by atoms with van der Waals surface area (Å²) in [5.74, 6) is 0.790. The number of thioether (sulfide) groups is 1. The van der Waals surface area contributed by atoms with Crippen LogP contribution in [0.2, 0.25) is 0 Å². The fourth-order valence-corrected chi connectivity index (χ4v) is 2.93. The summed E-state index contributed by atoms with van der Waals surface area (Å²) in [6.45, 7) is 1.84. The van der Waals surface area contributed by atoms with Crippen LogP contribution in [0.25, 0.3) is 0 Å². The van der Waals surface area contributed by atoms with Gasteiger partial charge in [-0.1, -0.05) is 12.1 Å². The lowest BCUT2D eigenvalue weighted by molar-refractivity contribution is 0.475. The summed E-state index contributed by atoms with van der Waals surface area (Å²) >= 11 is 1.73. The van der Waals surface area contributed by atoms with Gasteiger partial charge in [0.25, 0.3) is 0 Å². The SMILES string of the molecule is CN=C(NCCCNS(C)(=O)=O)N(C)Cc1ccc(SC)cc1.I. The highest BCUT2D eigenvalue weighted by Crippen LogP contribution is 2.15. The van der Waals surface area contributed by atoms with E-state index in [2.05, 4.69) is 45.6 Å². The van der Waals surface area contributed by atoms with Crippen LogP contribution >= 0.6 is 35.7 Å². The molecule has 0 spiro atoms. The van der Waals surface area contributed by atoms with Gasteiger partial charge in [0.1, 0.15) is 0 Å². The fraction of sp³-hybridized carbons (Fsp3) is 0.533. The molecule has 2 N–H and O–H groups in total. The van der Waals surface area contributed by atoms with Gasteiger partial charge in [-0.25, -0.2) is 13.1 Å². The second-order valence-corrected chi connectivity index (χ2v) is 7.91. The second-order valence-electron chi connectivity index (χ2n) is 5.20. The summed E-state index contributed by atoms with van der Waals surface area (Å²) in [7, 11) is 0.606. The average Bonchev–Trinajstić information content (AvgIpc) is 2.50. The van der Waals surface area contributed by atoms with Gasteiger partial charge in [0, 0.05) is 38.6 Å². The lowest BCUT2D eigenvalue weighted by atomic mass is 10.2. The summed E-state index contributed by atoms with van der Waals surface area (Å²) in [6.07, 6.45) is 3.92. The number of rotatable bonds is 8. The first-order chi connectivity index (χ1) is 10.9. The predicted molar refractivity (Wildman–Crippen MR) is 114 cm³/mol. The van der Waals surface area contributed by atoms with Crippen molar-refractivity contribution in [2.45, 2.75) is 17.9 Å². The third-order valence-electron chi connectivity index (χ3n) is 3.15. The summed E-state index contributed by atoms with van der Waals surface area (Å²) in [5.41, 5.74) is 1.21. The molecular weight excluding hydrogens is 459 g/mol. The highest BCUT2D eigenvalue weighted by Gasteiger charge is 2.06. The Morgan fingerprint density at radius 1 is 1.25 bits per heavy atom. The number of hydrogen-bond donors (Lipinski definition) is 2. The van der Waals surface area contributed by atoms with E-state index in [0.717, 1.165) is 18.8 Å². The number of sulfonamides is 1. The first-order valence-corrected chi connectivity index (χ1v) is 10.5. The van der Waals surface area contributed by atoms with Crippen molar-refractivity contribution in [3.8, 4) is 0 Å².